The Labute approximate surface area is 463 Å². The highest BCUT2D eigenvalue weighted by molar-refractivity contribution is 5.76. The van der Waals surface area contributed by atoms with E-state index in [0.29, 0.717) is 6.42 Å². The topological polar surface area (TPSA) is 149 Å². The predicted octanol–water partition coefficient (Wildman–Crippen LogP) is 17.1. The maximum atomic E-state index is 13.1. The van der Waals surface area contributed by atoms with Crippen molar-refractivity contribution in [2.45, 2.75) is 365 Å². The van der Waals surface area contributed by atoms with Gasteiger partial charge in [0.25, 0.3) is 0 Å². The van der Waals surface area contributed by atoms with E-state index < -0.39 is 49.5 Å². The Morgan fingerprint density at radius 1 is 0.440 bits per heavy atom. The largest absolute Gasteiger partial charge is 0.394 e. The number of aliphatic hydroxyl groups excluding tert-OH is 5. The zero-order chi connectivity index (χ0) is 54.3. The van der Waals surface area contributed by atoms with Crippen LogP contribution in [0.1, 0.15) is 322 Å². The molecule has 1 aliphatic rings. The van der Waals surface area contributed by atoms with Gasteiger partial charge in [-0.2, -0.15) is 0 Å². The van der Waals surface area contributed by atoms with Crippen LogP contribution in [0, 0.1) is 0 Å². The minimum absolute atomic E-state index is 0.184. The monoisotopic (exact) mass is 1060 g/mol. The lowest BCUT2D eigenvalue weighted by Crippen LogP contribution is -2.60. The number of hydrogen-bond donors (Lipinski definition) is 6. The minimum Gasteiger partial charge on any atom is -0.394 e. The van der Waals surface area contributed by atoms with Crippen molar-refractivity contribution in [3.8, 4) is 0 Å². The van der Waals surface area contributed by atoms with Crippen molar-refractivity contribution < 1.29 is 39.8 Å². The molecular weight excluding hydrogens is 935 g/mol. The lowest BCUT2D eigenvalue weighted by Gasteiger charge is -2.40. The molecule has 1 fully saturated rings. The third-order valence-electron chi connectivity index (χ3n) is 15.7. The van der Waals surface area contributed by atoms with Crippen LogP contribution in [0.3, 0.4) is 0 Å². The Bertz CT molecular complexity index is 1270. The summed E-state index contributed by atoms with van der Waals surface area (Å²) in [4.78, 5) is 13.1. The average Bonchev–Trinajstić information content (AvgIpc) is 3.41. The summed E-state index contributed by atoms with van der Waals surface area (Å²) in [6, 6.07) is -0.827. The van der Waals surface area contributed by atoms with Crippen molar-refractivity contribution >= 4 is 5.91 Å². The molecule has 1 saturated heterocycles. The van der Waals surface area contributed by atoms with Crippen LogP contribution in [-0.2, 0) is 14.3 Å². The zero-order valence-electron chi connectivity index (χ0n) is 49.3. The first kappa shape index (κ1) is 71.4. The summed E-state index contributed by atoms with van der Waals surface area (Å²) < 4.78 is 11.3. The molecule has 9 heteroatoms. The summed E-state index contributed by atoms with van der Waals surface area (Å²) >= 11 is 0. The first-order valence-corrected chi connectivity index (χ1v) is 32.7. The van der Waals surface area contributed by atoms with Crippen LogP contribution in [0.4, 0.5) is 0 Å². The molecule has 9 nitrogen and oxygen atoms in total. The summed E-state index contributed by atoms with van der Waals surface area (Å²) in [6.45, 7) is 3.80. The highest BCUT2D eigenvalue weighted by Crippen LogP contribution is 2.23. The highest BCUT2D eigenvalue weighted by atomic mass is 16.7. The van der Waals surface area contributed by atoms with Gasteiger partial charge in [0, 0.05) is 6.42 Å². The van der Waals surface area contributed by atoms with Gasteiger partial charge in [-0.15, -0.1) is 0 Å². The molecule has 0 bridgehead atoms. The van der Waals surface area contributed by atoms with Gasteiger partial charge in [0.2, 0.25) is 5.91 Å². The van der Waals surface area contributed by atoms with Gasteiger partial charge in [0.1, 0.15) is 24.4 Å². The number of rotatable bonds is 57. The van der Waals surface area contributed by atoms with E-state index in [1.54, 1.807) is 6.08 Å². The van der Waals surface area contributed by atoms with E-state index in [9.17, 15) is 30.3 Å². The summed E-state index contributed by atoms with van der Waals surface area (Å²) in [5, 5.41) is 54.6. The predicted molar refractivity (Wildman–Crippen MR) is 318 cm³/mol. The van der Waals surface area contributed by atoms with Gasteiger partial charge in [-0.3, -0.25) is 4.79 Å². The summed E-state index contributed by atoms with van der Waals surface area (Å²) in [7, 11) is 0. The van der Waals surface area contributed by atoms with E-state index in [2.05, 4.69) is 43.5 Å². The average molecular weight is 1060 g/mol. The van der Waals surface area contributed by atoms with Gasteiger partial charge in [-0.05, 0) is 44.9 Å². The Morgan fingerprint density at radius 2 is 0.760 bits per heavy atom. The molecule has 7 unspecified atom stereocenters. The number of carbonyl (C=O) groups is 1. The zero-order valence-corrected chi connectivity index (χ0v) is 49.3. The maximum absolute atomic E-state index is 13.1. The second-order valence-electron chi connectivity index (χ2n) is 22.9. The molecule has 0 aromatic carbocycles. The Balaban J connectivity index is 2.15. The number of amides is 1. The molecule has 75 heavy (non-hydrogen) atoms. The van der Waals surface area contributed by atoms with Gasteiger partial charge in [0.05, 0.1) is 25.4 Å². The fourth-order valence-electron chi connectivity index (χ4n) is 10.5. The van der Waals surface area contributed by atoms with Crippen LogP contribution in [-0.4, -0.2) is 87.5 Å². The number of nitrogens with one attached hydrogen (secondary N) is 1. The van der Waals surface area contributed by atoms with Gasteiger partial charge < -0.3 is 40.3 Å². The quantitative estimate of drug-likeness (QED) is 0.0261. The third-order valence-corrected chi connectivity index (χ3v) is 15.7. The maximum Gasteiger partial charge on any atom is 0.220 e. The van der Waals surface area contributed by atoms with Crippen LogP contribution in [0.25, 0.3) is 0 Å². The van der Waals surface area contributed by atoms with E-state index in [0.717, 1.165) is 44.9 Å². The van der Waals surface area contributed by atoms with E-state index in [1.165, 1.54) is 257 Å². The van der Waals surface area contributed by atoms with Crippen molar-refractivity contribution in [2.75, 3.05) is 13.2 Å². The van der Waals surface area contributed by atoms with Crippen molar-refractivity contribution in [3.63, 3.8) is 0 Å². The van der Waals surface area contributed by atoms with E-state index in [4.69, 9.17) is 9.47 Å². The standard InChI is InChI=1S/C66H125NO8/c1-3-5-7-9-11-13-15-17-19-21-23-25-26-27-28-29-30-31-32-33-34-36-38-40-42-44-46-48-50-52-54-56-62(70)67-59(58-74-66-65(73)64(72)63(71)61(57-68)75-66)60(69)55-53-51-49-47-45-43-41-39-37-35-24-22-20-18-16-14-12-10-8-6-4-2/h37,39,45,47,53,55,59-61,63-66,68-69,71-73H,3-36,38,40-44,46,48-52,54,56-58H2,1-2H3,(H,67,70)/b39-37+,47-45+,55-53+. The first-order valence-electron chi connectivity index (χ1n) is 32.7. The number of ether oxygens (including phenoxy) is 2. The Kier molecular flexibility index (Phi) is 53.1. The second kappa shape index (κ2) is 55.7. The number of allylic oxidation sites excluding steroid dienone is 5. The van der Waals surface area contributed by atoms with E-state index in [1.807, 2.05) is 6.08 Å². The van der Waals surface area contributed by atoms with E-state index >= 15 is 0 Å². The number of hydrogen-bond acceptors (Lipinski definition) is 8. The molecule has 6 N–H and O–H groups in total. The first-order chi connectivity index (χ1) is 36.8. The highest BCUT2D eigenvalue weighted by Gasteiger charge is 2.44. The van der Waals surface area contributed by atoms with Gasteiger partial charge in [-0.1, -0.05) is 307 Å². The normalized spacial score (nSPS) is 19.1. The summed E-state index contributed by atoms with van der Waals surface area (Å²) in [6.07, 6.45) is 66.7. The summed E-state index contributed by atoms with van der Waals surface area (Å²) in [5.74, 6) is -0.184. The van der Waals surface area contributed by atoms with Crippen LogP contribution in [0.5, 0.6) is 0 Å². The molecule has 0 saturated carbocycles. The minimum atomic E-state index is -1.57. The summed E-state index contributed by atoms with van der Waals surface area (Å²) in [5.41, 5.74) is 0. The molecule has 442 valence electrons. The van der Waals surface area contributed by atoms with Crippen molar-refractivity contribution in [1.82, 2.24) is 5.32 Å². The third kappa shape index (κ3) is 44.9. The lowest BCUT2D eigenvalue weighted by atomic mass is 9.99. The van der Waals surface area contributed by atoms with Crippen molar-refractivity contribution in [3.05, 3.63) is 36.5 Å². The second-order valence-corrected chi connectivity index (χ2v) is 22.9. The number of carbonyl (C=O) groups excluding carboxylic acids is 1. The molecule has 1 rings (SSSR count). The molecule has 1 heterocycles. The number of unbranched alkanes of at least 4 members (excludes halogenated alkanes) is 43. The molecule has 0 aromatic rings. The molecule has 0 aliphatic carbocycles. The Hall–Kier alpha value is -1.59. The molecule has 0 aromatic heterocycles. The lowest BCUT2D eigenvalue weighted by molar-refractivity contribution is -0.302. The molecule has 7 atom stereocenters. The molecule has 1 aliphatic heterocycles. The number of aliphatic hydroxyl groups is 5. The smallest absolute Gasteiger partial charge is 0.220 e. The van der Waals surface area contributed by atoms with Gasteiger partial charge in [0.15, 0.2) is 6.29 Å². The van der Waals surface area contributed by atoms with E-state index in [-0.39, 0.29) is 12.5 Å². The fraction of sp³-hybridized carbons (Fsp3) is 0.894. The van der Waals surface area contributed by atoms with Crippen LogP contribution >= 0.6 is 0 Å². The molecular formula is C66H125NO8. The molecule has 0 spiro atoms. The Morgan fingerprint density at radius 3 is 1.12 bits per heavy atom. The molecule has 1 amide bonds. The van der Waals surface area contributed by atoms with Crippen molar-refractivity contribution in [2.24, 2.45) is 0 Å². The van der Waals surface area contributed by atoms with Crippen LogP contribution < -0.4 is 5.32 Å². The van der Waals surface area contributed by atoms with Crippen LogP contribution in [0.2, 0.25) is 0 Å². The molecule has 0 radical (unpaired) electrons. The van der Waals surface area contributed by atoms with Gasteiger partial charge >= 0.3 is 0 Å². The fourth-order valence-corrected chi connectivity index (χ4v) is 10.5. The van der Waals surface area contributed by atoms with Crippen LogP contribution in [0.15, 0.2) is 36.5 Å². The SMILES string of the molecule is CCCCCCCCCCCCC/C=C/CC/C=C/CC/C=C/C(O)C(COC1OC(CO)C(O)C(O)C1O)NC(=O)CCCCCCCCCCCCCCCCCCCCCCCCCCCCCCCCC. The van der Waals surface area contributed by atoms with Gasteiger partial charge in [-0.25, -0.2) is 0 Å². The van der Waals surface area contributed by atoms with Crippen molar-refractivity contribution in [1.29, 1.82) is 0 Å².